The second-order valence-corrected chi connectivity index (χ2v) is 3.72. The van der Waals surface area contributed by atoms with E-state index in [1.807, 2.05) is 12.1 Å². The van der Waals surface area contributed by atoms with Crippen LogP contribution in [-0.4, -0.2) is 9.97 Å². The van der Waals surface area contributed by atoms with E-state index in [0.29, 0.717) is 22.2 Å². The average molecular weight is 256 g/mol. The van der Waals surface area contributed by atoms with Gasteiger partial charge >= 0.3 is 0 Å². The summed E-state index contributed by atoms with van der Waals surface area (Å²) in [4.78, 5) is 7.94. The van der Waals surface area contributed by atoms with Crippen LogP contribution in [0.25, 0.3) is 0 Å². The summed E-state index contributed by atoms with van der Waals surface area (Å²) in [5, 5.41) is 20.7. The van der Waals surface area contributed by atoms with Gasteiger partial charge in [0.15, 0.2) is 0 Å². The molecule has 0 aliphatic heterocycles. The normalized spacial score (nSPS) is 9.28. The molecule has 0 saturated carbocycles. The van der Waals surface area contributed by atoms with E-state index in [0.717, 1.165) is 0 Å². The zero-order valence-corrected chi connectivity index (χ0v) is 9.81. The molecule has 2 rings (SSSR count). The van der Waals surface area contributed by atoms with Crippen molar-refractivity contribution in [2.75, 3.05) is 5.32 Å². The van der Waals surface area contributed by atoms with Crippen LogP contribution in [0.1, 0.15) is 11.3 Å². The molecule has 2 aromatic rings. The summed E-state index contributed by atoms with van der Waals surface area (Å²) in [5.41, 5.74) is 1.32. The SMILES string of the molecule is N#Cc1ccnc(Nc2ccc(C#N)c(Cl)c2)n1. The van der Waals surface area contributed by atoms with Gasteiger partial charge in [-0.1, -0.05) is 11.6 Å². The Kier molecular flexibility index (Phi) is 3.38. The summed E-state index contributed by atoms with van der Waals surface area (Å²) in [6, 6.07) is 10.3. The van der Waals surface area contributed by atoms with Crippen molar-refractivity contribution in [1.82, 2.24) is 9.97 Å². The molecule has 1 aromatic heterocycles. The third-order valence-corrected chi connectivity index (χ3v) is 2.43. The van der Waals surface area contributed by atoms with Gasteiger partial charge in [0.25, 0.3) is 0 Å². The van der Waals surface area contributed by atoms with E-state index in [9.17, 15) is 0 Å². The predicted octanol–water partition coefficient (Wildman–Crippen LogP) is 2.62. The summed E-state index contributed by atoms with van der Waals surface area (Å²) in [6.45, 7) is 0. The highest BCUT2D eigenvalue weighted by atomic mass is 35.5. The number of nitriles is 2. The summed E-state index contributed by atoms with van der Waals surface area (Å²) in [6.07, 6.45) is 1.49. The lowest BCUT2D eigenvalue weighted by Gasteiger charge is -2.05. The minimum absolute atomic E-state index is 0.271. The maximum absolute atomic E-state index is 8.75. The van der Waals surface area contributed by atoms with Gasteiger partial charge in [-0.25, -0.2) is 9.97 Å². The average Bonchev–Trinajstić information content (AvgIpc) is 2.39. The molecule has 18 heavy (non-hydrogen) atoms. The second-order valence-electron chi connectivity index (χ2n) is 3.31. The lowest BCUT2D eigenvalue weighted by atomic mass is 10.2. The molecule has 0 aliphatic carbocycles. The molecule has 1 N–H and O–H groups in total. The first kappa shape index (κ1) is 11.8. The van der Waals surface area contributed by atoms with Crippen molar-refractivity contribution in [3.8, 4) is 12.1 Å². The zero-order chi connectivity index (χ0) is 13.0. The highest BCUT2D eigenvalue weighted by molar-refractivity contribution is 6.32. The van der Waals surface area contributed by atoms with Crippen molar-refractivity contribution in [3.05, 3.63) is 46.7 Å². The van der Waals surface area contributed by atoms with Gasteiger partial charge in [-0.3, -0.25) is 0 Å². The Labute approximate surface area is 108 Å². The zero-order valence-electron chi connectivity index (χ0n) is 9.05. The topological polar surface area (TPSA) is 85.4 Å². The first-order chi connectivity index (χ1) is 8.72. The maximum atomic E-state index is 8.75. The van der Waals surface area contributed by atoms with Crippen molar-refractivity contribution in [2.24, 2.45) is 0 Å². The van der Waals surface area contributed by atoms with Crippen molar-refractivity contribution < 1.29 is 0 Å². The molecule has 0 radical (unpaired) electrons. The molecule has 5 nitrogen and oxygen atoms in total. The van der Waals surface area contributed by atoms with E-state index in [1.54, 1.807) is 18.2 Å². The van der Waals surface area contributed by atoms with E-state index < -0.39 is 0 Å². The smallest absolute Gasteiger partial charge is 0.228 e. The van der Waals surface area contributed by atoms with Crippen molar-refractivity contribution >= 4 is 23.2 Å². The van der Waals surface area contributed by atoms with Gasteiger partial charge in [-0.05, 0) is 24.3 Å². The van der Waals surface area contributed by atoms with E-state index in [2.05, 4.69) is 15.3 Å². The monoisotopic (exact) mass is 255 g/mol. The quantitative estimate of drug-likeness (QED) is 0.891. The van der Waals surface area contributed by atoms with Crippen LogP contribution >= 0.6 is 11.6 Å². The van der Waals surface area contributed by atoms with E-state index in [-0.39, 0.29) is 5.69 Å². The Bertz CT molecular complexity index is 669. The third-order valence-electron chi connectivity index (χ3n) is 2.12. The molecule has 1 aromatic carbocycles. The fourth-order valence-electron chi connectivity index (χ4n) is 1.29. The second kappa shape index (κ2) is 5.13. The van der Waals surface area contributed by atoms with Gasteiger partial charge in [0.05, 0.1) is 10.6 Å². The standard InChI is InChI=1S/C12H6ClN5/c13-11-5-9(2-1-8(11)6-14)17-12-16-4-3-10(7-15)18-12/h1-5H,(H,16,17,18). The molecule has 86 valence electrons. The van der Waals surface area contributed by atoms with Gasteiger partial charge in [-0.2, -0.15) is 10.5 Å². The Hall–Kier alpha value is -2.63. The van der Waals surface area contributed by atoms with Gasteiger partial charge in [0.1, 0.15) is 17.8 Å². The van der Waals surface area contributed by atoms with Gasteiger partial charge < -0.3 is 5.32 Å². The van der Waals surface area contributed by atoms with Crippen LogP contribution in [0.3, 0.4) is 0 Å². The molecule has 0 unspecified atom stereocenters. The predicted molar refractivity (Wildman–Crippen MR) is 66.2 cm³/mol. The summed E-state index contributed by atoms with van der Waals surface area (Å²) >= 11 is 5.90. The third kappa shape index (κ3) is 2.54. The van der Waals surface area contributed by atoms with Gasteiger partial charge in [0, 0.05) is 11.9 Å². The van der Waals surface area contributed by atoms with Crippen LogP contribution < -0.4 is 5.32 Å². The number of nitrogens with zero attached hydrogens (tertiary/aromatic N) is 4. The Balaban J connectivity index is 2.27. The van der Waals surface area contributed by atoms with Crippen LogP contribution in [0.5, 0.6) is 0 Å². The number of halogens is 1. The number of aromatic nitrogens is 2. The fraction of sp³-hybridized carbons (Fsp3) is 0. The molecule has 0 fully saturated rings. The van der Waals surface area contributed by atoms with Gasteiger partial charge in [-0.15, -0.1) is 0 Å². The Morgan fingerprint density at radius 1 is 1.17 bits per heavy atom. The minimum atomic E-state index is 0.271. The van der Waals surface area contributed by atoms with Gasteiger partial charge in [0.2, 0.25) is 5.95 Å². The molecule has 0 aliphatic rings. The van der Waals surface area contributed by atoms with Crippen LogP contribution in [-0.2, 0) is 0 Å². The van der Waals surface area contributed by atoms with Crippen molar-refractivity contribution in [3.63, 3.8) is 0 Å². The summed E-state index contributed by atoms with van der Waals surface area (Å²) in [7, 11) is 0. The number of hydrogen-bond donors (Lipinski definition) is 1. The number of benzene rings is 1. The summed E-state index contributed by atoms with van der Waals surface area (Å²) in [5.74, 6) is 0.301. The molecule has 0 amide bonds. The first-order valence-electron chi connectivity index (χ1n) is 4.93. The molecule has 1 heterocycles. The molecular formula is C12H6ClN5. The molecule has 0 saturated heterocycles. The lowest BCUT2D eigenvalue weighted by Crippen LogP contribution is -1.98. The highest BCUT2D eigenvalue weighted by Crippen LogP contribution is 2.21. The van der Waals surface area contributed by atoms with Crippen LogP contribution in [0.15, 0.2) is 30.5 Å². The number of rotatable bonds is 2. The van der Waals surface area contributed by atoms with E-state index in [4.69, 9.17) is 22.1 Å². The number of nitrogens with one attached hydrogen (secondary N) is 1. The largest absolute Gasteiger partial charge is 0.324 e. The van der Waals surface area contributed by atoms with E-state index >= 15 is 0 Å². The molecule has 6 heteroatoms. The molecule has 0 bridgehead atoms. The van der Waals surface area contributed by atoms with Crippen LogP contribution in [0, 0.1) is 22.7 Å². The first-order valence-corrected chi connectivity index (χ1v) is 5.30. The van der Waals surface area contributed by atoms with E-state index in [1.165, 1.54) is 12.3 Å². The molecule has 0 spiro atoms. The maximum Gasteiger partial charge on any atom is 0.228 e. The Morgan fingerprint density at radius 2 is 2.00 bits per heavy atom. The number of anilines is 2. The van der Waals surface area contributed by atoms with Crippen molar-refractivity contribution in [1.29, 1.82) is 10.5 Å². The molecule has 0 atom stereocenters. The van der Waals surface area contributed by atoms with Crippen LogP contribution in [0.4, 0.5) is 11.6 Å². The Morgan fingerprint density at radius 3 is 2.67 bits per heavy atom. The minimum Gasteiger partial charge on any atom is -0.324 e. The lowest BCUT2D eigenvalue weighted by molar-refractivity contribution is 1.14. The molecular weight excluding hydrogens is 250 g/mol. The number of hydrogen-bond acceptors (Lipinski definition) is 5. The highest BCUT2D eigenvalue weighted by Gasteiger charge is 2.03. The van der Waals surface area contributed by atoms with Crippen LogP contribution in [0.2, 0.25) is 5.02 Å². The summed E-state index contributed by atoms with van der Waals surface area (Å²) < 4.78 is 0. The fourth-order valence-corrected chi connectivity index (χ4v) is 1.52. The van der Waals surface area contributed by atoms with Crippen molar-refractivity contribution in [2.45, 2.75) is 0 Å².